The monoisotopic (exact) mass is 311 g/mol. The Bertz CT molecular complexity index is 757. The molecule has 0 heterocycles. The minimum atomic E-state index is -3.77. The summed E-state index contributed by atoms with van der Waals surface area (Å²) in [4.78, 5) is -0.0459. The largest absolute Gasteiger partial charge is 0.456 e. The highest BCUT2D eigenvalue weighted by Gasteiger charge is 2.12. The number of nitrogens with two attached hydrogens (primary N) is 1. The van der Waals surface area contributed by atoms with Crippen molar-refractivity contribution < 1.29 is 13.2 Å². The molecule has 0 radical (unpaired) electrons. The number of hydrogen-bond acceptors (Lipinski definition) is 3. The van der Waals surface area contributed by atoms with Gasteiger partial charge in [0.1, 0.15) is 11.5 Å². The van der Waals surface area contributed by atoms with Crippen molar-refractivity contribution in [2.24, 2.45) is 5.14 Å². The number of rotatable bonds is 3. The van der Waals surface area contributed by atoms with Gasteiger partial charge in [0.25, 0.3) is 0 Å². The highest BCUT2D eigenvalue weighted by Crippen LogP contribution is 2.32. The van der Waals surface area contributed by atoms with Crippen LogP contribution in [0.1, 0.15) is 11.1 Å². The van der Waals surface area contributed by atoms with Crippen molar-refractivity contribution in [3.05, 3.63) is 52.5 Å². The van der Waals surface area contributed by atoms with E-state index in [2.05, 4.69) is 0 Å². The maximum atomic E-state index is 11.2. The zero-order valence-electron chi connectivity index (χ0n) is 11.1. The topological polar surface area (TPSA) is 69.4 Å². The first-order chi connectivity index (χ1) is 9.27. The summed E-state index contributed by atoms with van der Waals surface area (Å²) < 4.78 is 28.1. The van der Waals surface area contributed by atoms with Gasteiger partial charge in [0.15, 0.2) is 0 Å². The Morgan fingerprint density at radius 3 is 2.25 bits per heavy atom. The van der Waals surface area contributed by atoms with E-state index in [0.717, 1.165) is 11.1 Å². The van der Waals surface area contributed by atoms with E-state index in [0.29, 0.717) is 11.5 Å². The Hall–Kier alpha value is -1.56. The van der Waals surface area contributed by atoms with Crippen LogP contribution in [-0.2, 0) is 10.0 Å². The Morgan fingerprint density at radius 1 is 1.05 bits per heavy atom. The Balaban J connectivity index is 2.35. The van der Waals surface area contributed by atoms with E-state index in [4.69, 9.17) is 21.5 Å². The predicted octanol–water partition coefficient (Wildman–Crippen LogP) is 3.40. The molecule has 2 aromatic rings. The van der Waals surface area contributed by atoms with Crippen molar-refractivity contribution in [1.82, 2.24) is 0 Å². The molecular formula is C14H14ClNO3S. The molecule has 0 unspecified atom stereocenters. The molecule has 0 saturated carbocycles. The average Bonchev–Trinajstić information content (AvgIpc) is 2.33. The van der Waals surface area contributed by atoms with E-state index in [-0.39, 0.29) is 9.92 Å². The van der Waals surface area contributed by atoms with Gasteiger partial charge in [0, 0.05) is 0 Å². The van der Waals surface area contributed by atoms with Gasteiger partial charge in [-0.3, -0.25) is 0 Å². The van der Waals surface area contributed by atoms with Crippen LogP contribution in [0, 0.1) is 13.8 Å². The van der Waals surface area contributed by atoms with Crippen LogP contribution >= 0.6 is 11.6 Å². The smallest absolute Gasteiger partial charge is 0.238 e. The fraction of sp³-hybridized carbons (Fsp3) is 0.143. The van der Waals surface area contributed by atoms with Crippen molar-refractivity contribution >= 4 is 21.6 Å². The van der Waals surface area contributed by atoms with Gasteiger partial charge in [0.2, 0.25) is 10.0 Å². The van der Waals surface area contributed by atoms with Gasteiger partial charge in [-0.25, -0.2) is 13.6 Å². The zero-order chi connectivity index (χ0) is 14.9. The lowest BCUT2D eigenvalue weighted by Gasteiger charge is -2.11. The van der Waals surface area contributed by atoms with Crippen molar-refractivity contribution in [2.45, 2.75) is 18.7 Å². The molecule has 6 heteroatoms. The summed E-state index contributed by atoms with van der Waals surface area (Å²) in [7, 11) is -3.77. The van der Waals surface area contributed by atoms with E-state index in [9.17, 15) is 8.42 Å². The van der Waals surface area contributed by atoms with Gasteiger partial charge in [-0.05, 0) is 43.7 Å². The summed E-state index contributed by atoms with van der Waals surface area (Å²) in [5.74, 6) is 1.05. The van der Waals surface area contributed by atoms with Gasteiger partial charge in [0.05, 0.1) is 9.92 Å². The van der Waals surface area contributed by atoms with E-state index < -0.39 is 10.0 Å². The lowest BCUT2D eigenvalue weighted by atomic mass is 10.1. The number of aryl methyl sites for hydroxylation is 2. The number of primary sulfonamides is 1. The van der Waals surface area contributed by atoms with Gasteiger partial charge in [-0.2, -0.15) is 0 Å². The third kappa shape index (κ3) is 3.30. The second kappa shape index (κ2) is 5.44. The summed E-state index contributed by atoms with van der Waals surface area (Å²) in [6, 6.07) is 9.88. The SMILES string of the molecule is Cc1ccc(Oc2ccc(S(N)(=O)=O)cc2Cl)c(C)c1. The van der Waals surface area contributed by atoms with Gasteiger partial charge >= 0.3 is 0 Å². The van der Waals surface area contributed by atoms with E-state index in [1.807, 2.05) is 32.0 Å². The molecule has 0 bridgehead atoms. The average molecular weight is 312 g/mol. The highest BCUT2D eigenvalue weighted by atomic mass is 35.5. The van der Waals surface area contributed by atoms with Crippen LogP contribution in [-0.4, -0.2) is 8.42 Å². The van der Waals surface area contributed by atoms with E-state index >= 15 is 0 Å². The molecule has 0 aliphatic heterocycles. The first-order valence-electron chi connectivity index (χ1n) is 5.85. The Labute approximate surface area is 123 Å². The van der Waals surface area contributed by atoms with E-state index in [1.54, 1.807) is 0 Å². The highest BCUT2D eigenvalue weighted by molar-refractivity contribution is 7.89. The minimum Gasteiger partial charge on any atom is -0.456 e. The lowest BCUT2D eigenvalue weighted by molar-refractivity contribution is 0.478. The number of halogens is 1. The van der Waals surface area contributed by atoms with Crippen molar-refractivity contribution in [2.75, 3.05) is 0 Å². The zero-order valence-corrected chi connectivity index (χ0v) is 12.6. The summed E-state index contributed by atoms with van der Waals surface area (Å²) in [6.45, 7) is 3.92. The molecule has 2 aromatic carbocycles. The normalized spacial score (nSPS) is 11.4. The molecule has 4 nitrogen and oxygen atoms in total. The van der Waals surface area contributed by atoms with Gasteiger partial charge in [-0.1, -0.05) is 29.3 Å². The first kappa shape index (κ1) is 14.8. The molecule has 20 heavy (non-hydrogen) atoms. The molecule has 2 N–H and O–H groups in total. The third-order valence-corrected chi connectivity index (χ3v) is 3.99. The quantitative estimate of drug-likeness (QED) is 0.944. The molecule has 0 atom stereocenters. The number of sulfonamides is 1. The Kier molecular flexibility index (Phi) is 4.04. The van der Waals surface area contributed by atoms with Gasteiger partial charge < -0.3 is 4.74 Å². The van der Waals surface area contributed by atoms with Crippen LogP contribution in [0.5, 0.6) is 11.5 Å². The molecule has 0 amide bonds. The lowest BCUT2D eigenvalue weighted by Crippen LogP contribution is -2.11. The number of benzene rings is 2. The van der Waals surface area contributed by atoms with Crippen LogP contribution in [0.2, 0.25) is 5.02 Å². The predicted molar refractivity (Wildman–Crippen MR) is 78.8 cm³/mol. The third-order valence-electron chi connectivity index (χ3n) is 2.78. The molecule has 0 aliphatic carbocycles. The van der Waals surface area contributed by atoms with Gasteiger partial charge in [-0.15, -0.1) is 0 Å². The molecule has 0 saturated heterocycles. The van der Waals surface area contributed by atoms with Crippen molar-refractivity contribution in [3.63, 3.8) is 0 Å². The maximum absolute atomic E-state index is 11.2. The maximum Gasteiger partial charge on any atom is 0.238 e. The van der Waals surface area contributed by atoms with Crippen LogP contribution in [0.4, 0.5) is 0 Å². The minimum absolute atomic E-state index is 0.0459. The molecule has 106 valence electrons. The second-order valence-corrected chi connectivity index (χ2v) is 6.48. The van der Waals surface area contributed by atoms with E-state index in [1.165, 1.54) is 18.2 Å². The standard InChI is InChI=1S/C14H14ClNO3S/c1-9-3-5-13(10(2)7-9)19-14-6-4-11(8-12(14)15)20(16,17)18/h3-8H,1-2H3,(H2,16,17,18). The molecule has 2 rings (SSSR count). The molecule has 0 spiro atoms. The van der Waals surface area contributed by atoms with Crippen LogP contribution in [0.3, 0.4) is 0 Å². The molecule has 0 fully saturated rings. The summed E-state index contributed by atoms with van der Waals surface area (Å²) in [6.07, 6.45) is 0. The summed E-state index contributed by atoms with van der Waals surface area (Å²) in [5.41, 5.74) is 2.10. The second-order valence-electron chi connectivity index (χ2n) is 4.51. The first-order valence-corrected chi connectivity index (χ1v) is 7.77. The number of ether oxygens (including phenoxy) is 1. The fourth-order valence-corrected chi connectivity index (χ4v) is 2.60. The molecular weight excluding hydrogens is 298 g/mol. The van der Waals surface area contributed by atoms with Crippen LogP contribution in [0.25, 0.3) is 0 Å². The van der Waals surface area contributed by atoms with Crippen LogP contribution < -0.4 is 9.88 Å². The summed E-state index contributed by atoms with van der Waals surface area (Å²) in [5, 5.41) is 5.23. The Morgan fingerprint density at radius 2 is 1.70 bits per heavy atom. The molecule has 0 aliphatic rings. The fourth-order valence-electron chi connectivity index (χ4n) is 1.77. The summed E-state index contributed by atoms with van der Waals surface area (Å²) >= 11 is 6.02. The molecule has 0 aromatic heterocycles. The van der Waals surface area contributed by atoms with Crippen molar-refractivity contribution in [1.29, 1.82) is 0 Å². The van der Waals surface area contributed by atoms with Crippen LogP contribution in [0.15, 0.2) is 41.3 Å². The van der Waals surface area contributed by atoms with Crippen molar-refractivity contribution in [3.8, 4) is 11.5 Å². The number of hydrogen-bond donors (Lipinski definition) is 1.